The summed E-state index contributed by atoms with van der Waals surface area (Å²) >= 11 is 0. The maximum atomic E-state index is 13.2. The van der Waals surface area contributed by atoms with E-state index in [0.717, 1.165) is 12.1 Å². The molecule has 1 N–H and O–H groups in total. The number of hydrogen-bond acceptors (Lipinski definition) is 3. The molecule has 0 unspecified atom stereocenters. The summed E-state index contributed by atoms with van der Waals surface area (Å²) in [5, 5.41) is 2.90. The quantitative estimate of drug-likeness (QED) is 0.873. The average molecular weight is 285 g/mol. The Balaban J connectivity index is 2.45. The predicted molar refractivity (Wildman–Crippen MR) is 66.6 cm³/mol. The standard InChI is InChI=1S/C13H11F4N3/c1-2-19-12-7-18-6-11(20-12)8-3-4-10(14)9(5-8)13(15,16)17/h3-7H,2H2,1H3,(H,19,20). The van der Waals surface area contributed by atoms with Crippen LogP contribution in [0.4, 0.5) is 23.4 Å². The molecule has 1 heterocycles. The summed E-state index contributed by atoms with van der Waals surface area (Å²) in [6, 6.07) is 2.75. The highest BCUT2D eigenvalue weighted by Crippen LogP contribution is 2.33. The molecular formula is C13H11F4N3. The molecule has 0 radical (unpaired) electrons. The Morgan fingerprint density at radius 3 is 2.60 bits per heavy atom. The van der Waals surface area contributed by atoms with Gasteiger partial charge in [-0.15, -0.1) is 0 Å². The van der Waals surface area contributed by atoms with Gasteiger partial charge >= 0.3 is 6.18 Å². The fourth-order valence-electron chi connectivity index (χ4n) is 1.67. The summed E-state index contributed by atoms with van der Waals surface area (Å²) in [7, 11) is 0. The van der Waals surface area contributed by atoms with Crippen LogP contribution < -0.4 is 5.32 Å². The van der Waals surface area contributed by atoms with E-state index in [1.54, 1.807) is 0 Å². The van der Waals surface area contributed by atoms with E-state index < -0.39 is 17.6 Å². The number of benzene rings is 1. The molecule has 0 atom stereocenters. The van der Waals surface area contributed by atoms with Gasteiger partial charge in [0.1, 0.15) is 11.6 Å². The number of nitrogens with zero attached hydrogens (tertiary/aromatic N) is 2. The molecule has 0 saturated carbocycles. The fraction of sp³-hybridized carbons (Fsp3) is 0.231. The van der Waals surface area contributed by atoms with E-state index in [9.17, 15) is 17.6 Å². The molecule has 0 aliphatic rings. The Morgan fingerprint density at radius 2 is 1.95 bits per heavy atom. The average Bonchev–Trinajstić information content (AvgIpc) is 2.38. The van der Waals surface area contributed by atoms with Crippen molar-refractivity contribution in [2.75, 3.05) is 11.9 Å². The van der Waals surface area contributed by atoms with Crippen LogP contribution >= 0.6 is 0 Å². The van der Waals surface area contributed by atoms with Crippen LogP contribution in [0.2, 0.25) is 0 Å². The molecule has 0 aliphatic carbocycles. The molecule has 20 heavy (non-hydrogen) atoms. The zero-order valence-electron chi connectivity index (χ0n) is 10.5. The molecule has 7 heteroatoms. The Labute approximate surface area is 112 Å². The van der Waals surface area contributed by atoms with E-state index >= 15 is 0 Å². The maximum Gasteiger partial charge on any atom is 0.419 e. The number of nitrogens with one attached hydrogen (secondary N) is 1. The Morgan fingerprint density at radius 1 is 1.20 bits per heavy atom. The summed E-state index contributed by atoms with van der Waals surface area (Å²) in [4.78, 5) is 8.02. The van der Waals surface area contributed by atoms with E-state index in [1.165, 1.54) is 18.5 Å². The van der Waals surface area contributed by atoms with Gasteiger partial charge in [-0.1, -0.05) is 0 Å². The predicted octanol–water partition coefficient (Wildman–Crippen LogP) is 3.73. The largest absolute Gasteiger partial charge is 0.419 e. The minimum atomic E-state index is -4.74. The first kappa shape index (κ1) is 14.2. The van der Waals surface area contributed by atoms with E-state index in [-0.39, 0.29) is 11.3 Å². The second kappa shape index (κ2) is 5.44. The first-order chi connectivity index (χ1) is 9.41. The van der Waals surface area contributed by atoms with E-state index in [1.807, 2.05) is 6.92 Å². The maximum absolute atomic E-state index is 13.2. The summed E-state index contributed by atoms with van der Waals surface area (Å²) in [5.74, 6) is -0.861. The van der Waals surface area contributed by atoms with Crippen LogP contribution in [0.15, 0.2) is 30.6 Å². The van der Waals surface area contributed by atoms with Crippen molar-refractivity contribution in [3.05, 3.63) is 42.0 Å². The minimum Gasteiger partial charge on any atom is -0.369 e. The van der Waals surface area contributed by atoms with E-state index in [4.69, 9.17) is 0 Å². The molecule has 0 spiro atoms. The van der Waals surface area contributed by atoms with Gasteiger partial charge in [0.05, 0.1) is 23.7 Å². The number of anilines is 1. The lowest BCUT2D eigenvalue weighted by molar-refractivity contribution is -0.139. The lowest BCUT2D eigenvalue weighted by Crippen LogP contribution is -2.08. The summed E-state index contributed by atoms with van der Waals surface area (Å²) < 4.78 is 51.2. The zero-order valence-corrected chi connectivity index (χ0v) is 10.5. The van der Waals surface area contributed by atoms with Gasteiger partial charge in [-0.3, -0.25) is 4.98 Å². The molecule has 0 amide bonds. The van der Waals surface area contributed by atoms with Crippen molar-refractivity contribution in [2.45, 2.75) is 13.1 Å². The first-order valence-electron chi connectivity index (χ1n) is 5.85. The summed E-state index contributed by atoms with van der Waals surface area (Å²) in [5.41, 5.74) is -0.911. The second-order valence-corrected chi connectivity index (χ2v) is 4.01. The van der Waals surface area contributed by atoms with Gasteiger partial charge in [0.15, 0.2) is 0 Å². The molecule has 0 saturated heterocycles. The first-order valence-corrected chi connectivity index (χ1v) is 5.85. The third-order valence-corrected chi connectivity index (χ3v) is 2.56. The van der Waals surface area contributed by atoms with Crippen molar-refractivity contribution in [2.24, 2.45) is 0 Å². The highest BCUT2D eigenvalue weighted by atomic mass is 19.4. The highest BCUT2D eigenvalue weighted by molar-refractivity contribution is 5.61. The normalized spacial score (nSPS) is 11.4. The van der Waals surface area contributed by atoms with Crippen LogP contribution in [0, 0.1) is 5.82 Å². The molecule has 3 nitrogen and oxygen atoms in total. The van der Waals surface area contributed by atoms with Crippen molar-refractivity contribution in [3.8, 4) is 11.3 Å². The van der Waals surface area contributed by atoms with Gasteiger partial charge < -0.3 is 5.32 Å². The molecule has 0 bridgehead atoms. The number of halogens is 4. The van der Waals surface area contributed by atoms with Crippen LogP contribution in [0.25, 0.3) is 11.3 Å². The van der Waals surface area contributed by atoms with Gasteiger partial charge in [0, 0.05) is 12.1 Å². The van der Waals surface area contributed by atoms with Crippen LogP contribution in [-0.4, -0.2) is 16.5 Å². The number of aromatic nitrogens is 2. The minimum absolute atomic E-state index is 0.158. The van der Waals surface area contributed by atoms with Crippen molar-refractivity contribution < 1.29 is 17.6 Å². The second-order valence-electron chi connectivity index (χ2n) is 4.01. The highest BCUT2D eigenvalue weighted by Gasteiger charge is 2.34. The molecular weight excluding hydrogens is 274 g/mol. The third kappa shape index (κ3) is 3.04. The van der Waals surface area contributed by atoms with Crippen molar-refractivity contribution in [3.63, 3.8) is 0 Å². The monoisotopic (exact) mass is 285 g/mol. The van der Waals surface area contributed by atoms with Crippen molar-refractivity contribution >= 4 is 5.82 Å². The lowest BCUT2D eigenvalue weighted by atomic mass is 10.1. The third-order valence-electron chi connectivity index (χ3n) is 2.56. The van der Waals surface area contributed by atoms with Crippen molar-refractivity contribution in [1.82, 2.24) is 9.97 Å². The van der Waals surface area contributed by atoms with Crippen LogP contribution in [0.5, 0.6) is 0 Å². The van der Waals surface area contributed by atoms with Crippen LogP contribution in [0.3, 0.4) is 0 Å². The summed E-state index contributed by atoms with van der Waals surface area (Å²) in [6.07, 6.45) is -1.96. The number of rotatable bonds is 3. The van der Waals surface area contributed by atoms with Gasteiger partial charge in [0.25, 0.3) is 0 Å². The zero-order chi connectivity index (χ0) is 14.8. The van der Waals surface area contributed by atoms with Crippen LogP contribution in [-0.2, 0) is 6.18 Å². The number of hydrogen-bond donors (Lipinski definition) is 1. The van der Waals surface area contributed by atoms with Gasteiger partial charge in [-0.05, 0) is 25.1 Å². The Kier molecular flexibility index (Phi) is 3.87. The lowest BCUT2D eigenvalue weighted by Gasteiger charge is -2.10. The van der Waals surface area contributed by atoms with E-state index in [2.05, 4.69) is 15.3 Å². The fourth-order valence-corrected chi connectivity index (χ4v) is 1.67. The molecule has 2 rings (SSSR count). The van der Waals surface area contributed by atoms with Gasteiger partial charge in [0.2, 0.25) is 0 Å². The molecule has 1 aromatic carbocycles. The van der Waals surface area contributed by atoms with Gasteiger partial charge in [-0.2, -0.15) is 13.2 Å². The molecule has 106 valence electrons. The topological polar surface area (TPSA) is 37.8 Å². The Bertz CT molecular complexity index is 611. The Hall–Kier alpha value is -2.18. The molecule has 0 fully saturated rings. The number of alkyl halides is 3. The molecule has 2 aromatic rings. The van der Waals surface area contributed by atoms with Crippen molar-refractivity contribution in [1.29, 1.82) is 0 Å². The molecule has 1 aromatic heterocycles. The van der Waals surface area contributed by atoms with Crippen LogP contribution in [0.1, 0.15) is 12.5 Å². The molecule has 0 aliphatic heterocycles. The summed E-state index contributed by atoms with van der Waals surface area (Å²) in [6.45, 7) is 2.46. The smallest absolute Gasteiger partial charge is 0.369 e. The van der Waals surface area contributed by atoms with Gasteiger partial charge in [-0.25, -0.2) is 9.37 Å². The SMILES string of the molecule is CCNc1cncc(-c2ccc(F)c(C(F)(F)F)c2)n1. The van der Waals surface area contributed by atoms with E-state index in [0.29, 0.717) is 12.4 Å².